The molecule has 4 heteroatoms. The fourth-order valence-electron chi connectivity index (χ4n) is 2.54. The van der Waals surface area contributed by atoms with Gasteiger partial charge in [-0.1, -0.05) is 13.8 Å². The molecular weight excluding hydrogens is 216 g/mol. The third kappa shape index (κ3) is 4.28. The molecule has 17 heavy (non-hydrogen) atoms. The second-order valence-corrected chi connectivity index (χ2v) is 5.48. The van der Waals surface area contributed by atoms with Gasteiger partial charge in [-0.2, -0.15) is 0 Å². The Morgan fingerprint density at radius 1 is 1.41 bits per heavy atom. The predicted octanol–water partition coefficient (Wildman–Crippen LogP) is 1.26. The average molecular weight is 242 g/mol. The average Bonchev–Trinajstić information content (AvgIpc) is 2.31. The van der Waals surface area contributed by atoms with Gasteiger partial charge in [0.1, 0.15) is 0 Å². The molecule has 4 nitrogen and oxygen atoms in total. The summed E-state index contributed by atoms with van der Waals surface area (Å²) in [5, 5.41) is 3.33. The molecule has 0 radical (unpaired) electrons. The van der Waals surface area contributed by atoms with E-state index in [1.165, 1.54) is 7.11 Å². The Labute approximate surface area is 105 Å². The van der Waals surface area contributed by atoms with Gasteiger partial charge in [-0.15, -0.1) is 0 Å². The molecular formula is C13H26N2O2. The van der Waals surface area contributed by atoms with E-state index in [0.29, 0.717) is 12.3 Å². The molecule has 1 heterocycles. The maximum Gasteiger partial charge on any atom is 0.307 e. The highest BCUT2D eigenvalue weighted by molar-refractivity contribution is 5.70. The van der Waals surface area contributed by atoms with E-state index >= 15 is 0 Å². The van der Waals surface area contributed by atoms with Crippen LogP contribution in [-0.4, -0.2) is 50.2 Å². The Morgan fingerprint density at radius 2 is 2.00 bits per heavy atom. The van der Waals surface area contributed by atoms with Gasteiger partial charge in [0.25, 0.3) is 0 Å². The van der Waals surface area contributed by atoms with Crippen LogP contribution in [-0.2, 0) is 9.53 Å². The van der Waals surface area contributed by atoms with Crippen LogP contribution in [0.2, 0.25) is 0 Å². The second kappa shape index (κ2) is 6.36. The third-order valence-electron chi connectivity index (χ3n) is 3.68. The molecule has 0 spiro atoms. The highest BCUT2D eigenvalue weighted by atomic mass is 16.5. The van der Waals surface area contributed by atoms with Crippen LogP contribution < -0.4 is 5.32 Å². The first-order chi connectivity index (χ1) is 8.01. The number of hydrogen-bond acceptors (Lipinski definition) is 4. The number of carbonyl (C=O) groups is 1. The van der Waals surface area contributed by atoms with Gasteiger partial charge in [0.05, 0.1) is 13.5 Å². The van der Waals surface area contributed by atoms with E-state index in [4.69, 9.17) is 4.74 Å². The molecule has 1 rings (SSSR count). The number of esters is 1. The van der Waals surface area contributed by atoms with Crippen molar-refractivity contribution < 1.29 is 9.53 Å². The number of likely N-dealkylation sites (tertiary alicyclic amines) is 1. The summed E-state index contributed by atoms with van der Waals surface area (Å²) in [4.78, 5) is 13.9. The van der Waals surface area contributed by atoms with Gasteiger partial charge in [-0.3, -0.25) is 4.79 Å². The van der Waals surface area contributed by atoms with Gasteiger partial charge in [0.15, 0.2) is 0 Å². The fourth-order valence-corrected chi connectivity index (χ4v) is 2.54. The first kappa shape index (κ1) is 14.5. The van der Waals surface area contributed by atoms with E-state index < -0.39 is 0 Å². The van der Waals surface area contributed by atoms with Gasteiger partial charge in [0, 0.05) is 12.1 Å². The highest BCUT2D eigenvalue weighted by Gasteiger charge is 2.35. The molecule has 1 aliphatic heterocycles. The molecule has 0 saturated carbocycles. The minimum Gasteiger partial charge on any atom is -0.469 e. The summed E-state index contributed by atoms with van der Waals surface area (Å²) < 4.78 is 4.78. The van der Waals surface area contributed by atoms with E-state index in [9.17, 15) is 4.79 Å². The molecule has 0 amide bonds. The first-order valence-corrected chi connectivity index (χ1v) is 6.49. The van der Waals surface area contributed by atoms with Crippen LogP contribution in [0, 0.1) is 5.92 Å². The smallest absolute Gasteiger partial charge is 0.307 e. The summed E-state index contributed by atoms with van der Waals surface area (Å²) in [5.41, 5.74) is -0.0550. The van der Waals surface area contributed by atoms with Gasteiger partial charge in [0.2, 0.25) is 0 Å². The summed E-state index contributed by atoms with van der Waals surface area (Å²) in [6.07, 6.45) is 2.52. The molecule has 0 unspecified atom stereocenters. The van der Waals surface area contributed by atoms with Gasteiger partial charge < -0.3 is 15.0 Å². The Morgan fingerprint density at radius 3 is 2.41 bits per heavy atom. The summed E-state index contributed by atoms with van der Waals surface area (Å²) >= 11 is 0. The normalized spacial score (nSPS) is 20.5. The van der Waals surface area contributed by atoms with Crippen LogP contribution in [0.5, 0.6) is 0 Å². The van der Waals surface area contributed by atoms with Crippen molar-refractivity contribution in [2.24, 2.45) is 5.92 Å². The number of nitrogens with one attached hydrogen (secondary N) is 1. The van der Waals surface area contributed by atoms with Gasteiger partial charge in [-0.05, 0) is 38.9 Å². The lowest BCUT2D eigenvalue weighted by molar-refractivity contribution is -0.142. The lowest BCUT2D eigenvalue weighted by atomic mass is 9.84. The van der Waals surface area contributed by atoms with Crippen LogP contribution in [0.15, 0.2) is 0 Å². The Kier molecular flexibility index (Phi) is 5.40. The Hall–Kier alpha value is -0.610. The number of piperidine rings is 1. The largest absolute Gasteiger partial charge is 0.469 e. The van der Waals surface area contributed by atoms with Crippen LogP contribution >= 0.6 is 0 Å². The monoisotopic (exact) mass is 242 g/mol. The van der Waals surface area contributed by atoms with Crippen molar-refractivity contribution in [3.63, 3.8) is 0 Å². The Bertz CT molecular complexity index is 246. The number of methoxy groups -OCH3 is 1. The lowest BCUT2D eigenvalue weighted by Gasteiger charge is -2.41. The fraction of sp³-hybridized carbons (Fsp3) is 0.923. The third-order valence-corrected chi connectivity index (χ3v) is 3.68. The molecule has 0 atom stereocenters. The van der Waals surface area contributed by atoms with E-state index in [2.05, 4.69) is 24.1 Å². The summed E-state index contributed by atoms with van der Waals surface area (Å²) in [7, 11) is 3.40. The quantitative estimate of drug-likeness (QED) is 0.737. The zero-order valence-corrected chi connectivity index (χ0v) is 11.6. The molecule has 1 aliphatic rings. The Balaban J connectivity index is 2.48. The summed E-state index contributed by atoms with van der Waals surface area (Å²) in [6.45, 7) is 7.77. The van der Waals surface area contributed by atoms with Crippen LogP contribution in [0.3, 0.4) is 0 Å². The van der Waals surface area contributed by atoms with Gasteiger partial charge >= 0.3 is 5.97 Å². The summed E-state index contributed by atoms with van der Waals surface area (Å²) in [5.74, 6) is 0.592. The van der Waals surface area contributed by atoms with Crippen molar-refractivity contribution in [3.05, 3.63) is 0 Å². The SMILES string of the molecule is CNC1(CC(=O)OC)CCN(CC(C)C)CC1. The standard InChI is InChI=1S/C13H26N2O2/c1-11(2)10-15-7-5-13(14-3,6-8-15)9-12(16)17-4/h11,14H,5-10H2,1-4H3. The number of carbonyl (C=O) groups excluding carboxylic acids is 1. The topological polar surface area (TPSA) is 41.6 Å². The highest BCUT2D eigenvalue weighted by Crippen LogP contribution is 2.26. The minimum atomic E-state index is -0.114. The number of hydrogen-bond donors (Lipinski definition) is 1. The first-order valence-electron chi connectivity index (χ1n) is 6.49. The zero-order valence-electron chi connectivity index (χ0n) is 11.6. The van der Waals surface area contributed by atoms with Crippen LogP contribution in [0.4, 0.5) is 0 Å². The van der Waals surface area contributed by atoms with E-state index in [1.807, 2.05) is 7.05 Å². The molecule has 1 N–H and O–H groups in total. The van der Waals surface area contributed by atoms with Crippen molar-refractivity contribution in [1.82, 2.24) is 10.2 Å². The number of rotatable bonds is 5. The van der Waals surface area contributed by atoms with E-state index in [0.717, 1.165) is 32.5 Å². The van der Waals surface area contributed by atoms with Crippen LogP contribution in [0.1, 0.15) is 33.1 Å². The molecule has 100 valence electrons. The predicted molar refractivity (Wildman–Crippen MR) is 68.9 cm³/mol. The zero-order chi connectivity index (χ0) is 12.9. The number of ether oxygens (including phenoxy) is 1. The molecule has 0 aliphatic carbocycles. The molecule has 0 aromatic heterocycles. The van der Waals surface area contributed by atoms with Crippen molar-refractivity contribution in [3.8, 4) is 0 Å². The van der Waals surface area contributed by atoms with E-state index in [1.54, 1.807) is 0 Å². The maximum atomic E-state index is 11.4. The van der Waals surface area contributed by atoms with Gasteiger partial charge in [-0.25, -0.2) is 0 Å². The molecule has 1 saturated heterocycles. The van der Waals surface area contributed by atoms with Crippen molar-refractivity contribution >= 4 is 5.97 Å². The number of nitrogens with zero attached hydrogens (tertiary/aromatic N) is 1. The van der Waals surface area contributed by atoms with E-state index in [-0.39, 0.29) is 11.5 Å². The van der Waals surface area contributed by atoms with Crippen molar-refractivity contribution in [2.75, 3.05) is 33.8 Å². The van der Waals surface area contributed by atoms with Crippen LogP contribution in [0.25, 0.3) is 0 Å². The lowest BCUT2D eigenvalue weighted by Crippen LogP contribution is -2.53. The maximum absolute atomic E-state index is 11.4. The molecule has 0 aromatic carbocycles. The minimum absolute atomic E-state index is 0.0550. The van der Waals surface area contributed by atoms with Crippen molar-refractivity contribution in [2.45, 2.75) is 38.6 Å². The summed E-state index contributed by atoms with van der Waals surface area (Å²) in [6, 6.07) is 0. The molecule has 1 fully saturated rings. The molecule has 0 bridgehead atoms. The van der Waals surface area contributed by atoms with Crippen molar-refractivity contribution in [1.29, 1.82) is 0 Å². The molecule has 0 aromatic rings. The second-order valence-electron chi connectivity index (χ2n) is 5.48.